The zero-order valence-electron chi connectivity index (χ0n) is 11.9. The molecule has 1 atom stereocenters. The number of pyridine rings is 1. The Hall–Kier alpha value is -1.95. The normalized spacial score (nSPS) is 18.1. The van der Waals surface area contributed by atoms with Crippen LogP contribution in [0.15, 0.2) is 18.3 Å². The van der Waals surface area contributed by atoms with E-state index in [1.54, 1.807) is 37.3 Å². The third kappa shape index (κ3) is 2.80. The number of rotatable bonds is 3. The van der Waals surface area contributed by atoms with E-state index in [0.29, 0.717) is 24.3 Å². The summed E-state index contributed by atoms with van der Waals surface area (Å²) in [6, 6.07) is 3.00. The SMILES string of the molecule is CN(C)C(=O)C1CCCN1C(=O)c1ccnc(CN)c1. The van der Waals surface area contributed by atoms with Crippen LogP contribution in [0, 0.1) is 0 Å². The number of carbonyl (C=O) groups excluding carboxylic acids is 2. The predicted octanol–water partition coefficient (Wildman–Crippen LogP) is 0.233. The molecule has 1 aliphatic heterocycles. The Labute approximate surface area is 118 Å². The first-order valence-electron chi connectivity index (χ1n) is 6.71. The molecule has 1 aromatic rings. The van der Waals surface area contributed by atoms with Crippen molar-refractivity contribution in [1.29, 1.82) is 0 Å². The van der Waals surface area contributed by atoms with Gasteiger partial charge in [0.1, 0.15) is 6.04 Å². The lowest BCUT2D eigenvalue weighted by Crippen LogP contribution is -2.45. The van der Waals surface area contributed by atoms with E-state index in [9.17, 15) is 9.59 Å². The molecular weight excluding hydrogens is 256 g/mol. The Morgan fingerprint density at radius 2 is 2.25 bits per heavy atom. The van der Waals surface area contributed by atoms with Crippen molar-refractivity contribution < 1.29 is 9.59 Å². The number of aromatic nitrogens is 1. The quantitative estimate of drug-likeness (QED) is 0.857. The molecule has 1 unspecified atom stereocenters. The second kappa shape index (κ2) is 6.00. The summed E-state index contributed by atoms with van der Waals surface area (Å²) in [6.45, 7) is 0.907. The average Bonchev–Trinajstić information content (AvgIpc) is 2.94. The topological polar surface area (TPSA) is 79.5 Å². The summed E-state index contributed by atoms with van der Waals surface area (Å²) in [5.74, 6) is -0.149. The van der Waals surface area contributed by atoms with Gasteiger partial charge in [0.15, 0.2) is 0 Å². The number of likely N-dealkylation sites (N-methyl/N-ethyl adjacent to an activating group) is 1. The molecule has 0 aliphatic carbocycles. The minimum atomic E-state index is -0.355. The van der Waals surface area contributed by atoms with Crippen molar-refractivity contribution in [1.82, 2.24) is 14.8 Å². The monoisotopic (exact) mass is 276 g/mol. The molecule has 2 rings (SSSR count). The van der Waals surface area contributed by atoms with Crippen LogP contribution in [0.3, 0.4) is 0 Å². The van der Waals surface area contributed by atoms with Crippen LogP contribution in [0.2, 0.25) is 0 Å². The smallest absolute Gasteiger partial charge is 0.254 e. The summed E-state index contributed by atoms with van der Waals surface area (Å²) in [6.07, 6.45) is 3.15. The first kappa shape index (κ1) is 14.5. The van der Waals surface area contributed by atoms with E-state index in [1.807, 2.05) is 0 Å². The molecule has 0 bridgehead atoms. The molecular formula is C14H20N4O2. The lowest BCUT2D eigenvalue weighted by Gasteiger charge is -2.26. The van der Waals surface area contributed by atoms with Gasteiger partial charge in [-0.15, -0.1) is 0 Å². The lowest BCUT2D eigenvalue weighted by molar-refractivity contribution is -0.132. The molecule has 0 radical (unpaired) electrons. The van der Waals surface area contributed by atoms with Crippen molar-refractivity contribution in [2.24, 2.45) is 5.73 Å². The molecule has 0 aromatic carbocycles. The fourth-order valence-electron chi connectivity index (χ4n) is 2.45. The van der Waals surface area contributed by atoms with Gasteiger partial charge in [-0.25, -0.2) is 0 Å². The summed E-state index contributed by atoms with van der Waals surface area (Å²) in [4.78, 5) is 31.9. The van der Waals surface area contributed by atoms with Gasteiger partial charge in [0.25, 0.3) is 5.91 Å². The van der Waals surface area contributed by atoms with Gasteiger partial charge in [0.05, 0.1) is 5.69 Å². The third-order valence-corrected chi connectivity index (χ3v) is 3.51. The second-order valence-electron chi connectivity index (χ2n) is 5.13. The summed E-state index contributed by atoms with van der Waals surface area (Å²) in [5.41, 5.74) is 6.75. The molecule has 6 heteroatoms. The van der Waals surface area contributed by atoms with E-state index in [-0.39, 0.29) is 17.9 Å². The Morgan fingerprint density at radius 3 is 2.90 bits per heavy atom. The maximum Gasteiger partial charge on any atom is 0.254 e. The Kier molecular flexibility index (Phi) is 4.34. The molecule has 1 fully saturated rings. The van der Waals surface area contributed by atoms with E-state index in [0.717, 1.165) is 12.8 Å². The van der Waals surface area contributed by atoms with Gasteiger partial charge in [-0.05, 0) is 25.0 Å². The molecule has 1 aromatic heterocycles. The van der Waals surface area contributed by atoms with Gasteiger partial charge in [-0.3, -0.25) is 14.6 Å². The van der Waals surface area contributed by atoms with Gasteiger partial charge in [0.2, 0.25) is 5.91 Å². The van der Waals surface area contributed by atoms with Gasteiger partial charge in [-0.1, -0.05) is 0 Å². The van der Waals surface area contributed by atoms with Crippen molar-refractivity contribution in [3.8, 4) is 0 Å². The number of hydrogen-bond donors (Lipinski definition) is 1. The first-order valence-corrected chi connectivity index (χ1v) is 6.71. The number of carbonyl (C=O) groups is 2. The highest BCUT2D eigenvalue weighted by molar-refractivity contribution is 5.97. The van der Waals surface area contributed by atoms with Crippen molar-refractivity contribution in [2.45, 2.75) is 25.4 Å². The molecule has 1 aliphatic rings. The number of nitrogens with two attached hydrogens (primary N) is 1. The van der Waals surface area contributed by atoms with Crippen molar-refractivity contribution >= 4 is 11.8 Å². The van der Waals surface area contributed by atoms with E-state index < -0.39 is 0 Å². The Morgan fingerprint density at radius 1 is 1.50 bits per heavy atom. The molecule has 108 valence electrons. The highest BCUT2D eigenvalue weighted by atomic mass is 16.2. The van der Waals surface area contributed by atoms with Crippen LogP contribution in [-0.2, 0) is 11.3 Å². The fourth-order valence-corrected chi connectivity index (χ4v) is 2.45. The van der Waals surface area contributed by atoms with E-state index in [1.165, 1.54) is 4.90 Å². The van der Waals surface area contributed by atoms with Gasteiger partial charge < -0.3 is 15.5 Å². The molecule has 2 heterocycles. The van der Waals surface area contributed by atoms with Gasteiger partial charge in [0, 0.05) is 38.9 Å². The molecule has 6 nitrogen and oxygen atoms in total. The summed E-state index contributed by atoms with van der Waals surface area (Å²) < 4.78 is 0. The van der Waals surface area contributed by atoms with Crippen molar-refractivity contribution in [2.75, 3.05) is 20.6 Å². The largest absolute Gasteiger partial charge is 0.347 e. The van der Waals surface area contributed by atoms with Crippen LogP contribution < -0.4 is 5.73 Å². The highest BCUT2D eigenvalue weighted by Crippen LogP contribution is 2.21. The zero-order chi connectivity index (χ0) is 14.7. The predicted molar refractivity (Wildman–Crippen MR) is 74.9 cm³/mol. The number of hydrogen-bond acceptors (Lipinski definition) is 4. The highest BCUT2D eigenvalue weighted by Gasteiger charge is 2.35. The molecule has 2 amide bonds. The summed E-state index contributed by atoms with van der Waals surface area (Å²) in [7, 11) is 3.42. The second-order valence-corrected chi connectivity index (χ2v) is 5.13. The maximum atomic E-state index is 12.5. The van der Waals surface area contributed by atoms with E-state index in [2.05, 4.69) is 4.98 Å². The molecule has 1 saturated heterocycles. The Bertz CT molecular complexity index is 516. The van der Waals surface area contributed by atoms with Crippen LogP contribution in [-0.4, -0.2) is 53.3 Å². The third-order valence-electron chi connectivity index (χ3n) is 3.51. The molecule has 0 spiro atoms. The van der Waals surface area contributed by atoms with Crippen LogP contribution in [0.25, 0.3) is 0 Å². The van der Waals surface area contributed by atoms with Crippen LogP contribution in [0.5, 0.6) is 0 Å². The maximum absolute atomic E-state index is 12.5. The van der Waals surface area contributed by atoms with E-state index in [4.69, 9.17) is 5.73 Å². The number of likely N-dealkylation sites (tertiary alicyclic amines) is 1. The molecule has 20 heavy (non-hydrogen) atoms. The van der Waals surface area contributed by atoms with Crippen LogP contribution in [0.1, 0.15) is 28.9 Å². The van der Waals surface area contributed by atoms with Gasteiger partial charge in [-0.2, -0.15) is 0 Å². The molecule has 0 saturated carbocycles. The fraction of sp³-hybridized carbons (Fsp3) is 0.500. The van der Waals surface area contributed by atoms with Gasteiger partial charge >= 0.3 is 0 Å². The minimum absolute atomic E-state index is 0.0241. The number of nitrogens with zero attached hydrogens (tertiary/aromatic N) is 3. The average molecular weight is 276 g/mol. The van der Waals surface area contributed by atoms with Crippen molar-refractivity contribution in [3.63, 3.8) is 0 Å². The standard InChI is InChI=1S/C14H20N4O2/c1-17(2)14(20)12-4-3-7-18(12)13(19)10-5-6-16-11(8-10)9-15/h5-6,8,12H,3-4,7,9,15H2,1-2H3. The number of amides is 2. The summed E-state index contributed by atoms with van der Waals surface area (Å²) in [5, 5.41) is 0. The van der Waals surface area contributed by atoms with Crippen LogP contribution in [0.4, 0.5) is 0 Å². The lowest BCUT2D eigenvalue weighted by atomic mass is 10.1. The Balaban J connectivity index is 2.21. The first-order chi connectivity index (χ1) is 9.54. The summed E-state index contributed by atoms with van der Waals surface area (Å²) >= 11 is 0. The molecule has 2 N–H and O–H groups in total. The zero-order valence-corrected chi connectivity index (χ0v) is 11.9. The van der Waals surface area contributed by atoms with Crippen molar-refractivity contribution in [3.05, 3.63) is 29.6 Å². The minimum Gasteiger partial charge on any atom is -0.347 e. The van der Waals surface area contributed by atoms with Crippen LogP contribution >= 0.6 is 0 Å². The van der Waals surface area contributed by atoms with E-state index >= 15 is 0 Å².